The number of nitrogens with two attached hydrogens (primary N) is 1. The van der Waals surface area contributed by atoms with Crippen LogP contribution in [0.1, 0.15) is 13.8 Å². The van der Waals surface area contributed by atoms with E-state index in [0.29, 0.717) is 34.9 Å². The first kappa shape index (κ1) is 14.4. The van der Waals surface area contributed by atoms with Crippen LogP contribution in [0, 0.1) is 5.92 Å². The Bertz CT molecular complexity index is 372. The number of nitrogens with zero attached hydrogens (tertiary/aromatic N) is 1. The summed E-state index contributed by atoms with van der Waals surface area (Å²) in [6, 6.07) is 1.57. The summed E-state index contributed by atoms with van der Waals surface area (Å²) in [5.41, 5.74) is 5.59. The molecule has 0 amide bonds. The van der Waals surface area contributed by atoms with Crippen molar-refractivity contribution in [3.63, 3.8) is 0 Å². The van der Waals surface area contributed by atoms with E-state index >= 15 is 0 Å². The van der Waals surface area contributed by atoms with Crippen LogP contribution in [0.4, 0.5) is 11.6 Å². The third-order valence-corrected chi connectivity index (χ3v) is 2.54. The van der Waals surface area contributed by atoms with Crippen LogP contribution >= 0.6 is 23.2 Å². The standard InChI is InChI=1S/C11H17Cl2N3O/c1-7(2)6-17-4-3-15-11-9(13)5-8(12)10(14)16-11/h5,7H,3-4,6H2,1-2H3,(H3,14,15,16). The Morgan fingerprint density at radius 1 is 1.41 bits per heavy atom. The molecule has 1 heterocycles. The van der Waals surface area contributed by atoms with Gasteiger partial charge in [-0.3, -0.25) is 0 Å². The fourth-order valence-corrected chi connectivity index (χ4v) is 1.59. The third-order valence-electron chi connectivity index (χ3n) is 1.95. The van der Waals surface area contributed by atoms with E-state index in [9.17, 15) is 0 Å². The monoisotopic (exact) mass is 277 g/mol. The molecule has 1 aromatic heterocycles. The van der Waals surface area contributed by atoms with Crippen LogP contribution in [0.2, 0.25) is 10.0 Å². The highest BCUT2D eigenvalue weighted by Crippen LogP contribution is 2.26. The van der Waals surface area contributed by atoms with E-state index in [2.05, 4.69) is 24.1 Å². The molecular weight excluding hydrogens is 261 g/mol. The Hall–Kier alpha value is -0.710. The van der Waals surface area contributed by atoms with E-state index in [1.54, 1.807) is 6.07 Å². The average Bonchev–Trinajstić information content (AvgIpc) is 2.24. The van der Waals surface area contributed by atoms with Crippen molar-refractivity contribution in [3.8, 4) is 0 Å². The highest BCUT2D eigenvalue weighted by atomic mass is 35.5. The van der Waals surface area contributed by atoms with Crippen LogP contribution in [0.5, 0.6) is 0 Å². The van der Waals surface area contributed by atoms with Gasteiger partial charge in [0.05, 0.1) is 16.7 Å². The molecule has 6 heteroatoms. The summed E-state index contributed by atoms with van der Waals surface area (Å²) >= 11 is 11.7. The van der Waals surface area contributed by atoms with Crippen molar-refractivity contribution in [2.75, 3.05) is 30.8 Å². The van der Waals surface area contributed by atoms with Gasteiger partial charge in [-0.1, -0.05) is 37.0 Å². The zero-order valence-electron chi connectivity index (χ0n) is 9.96. The van der Waals surface area contributed by atoms with Crippen LogP contribution in [-0.2, 0) is 4.74 Å². The van der Waals surface area contributed by atoms with Crippen molar-refractivity contribution in [2.24, 2.45) is 5.92 Å². The van der Waals surface area contributed by atoms with Crippen molar-refractivity contribution in [1.29, 1.82) is 0 Å². The SMILES string of the molecule is CC(C)COCCNc1nc(N)c(Cl)cc1Cl. The number of ether oxygens (including phenoxy) is 1. The summed E-state index contributed by atoms with van der Waals surface area (Å²) in [5.74, 6) is 1.33. The summed E-state index contributed by atoms with van der Waals surface area (Å²) in [6.45, 7) is 6.17. The Morgan fingerprint density at radius 3 is 2.76 bits per heavy atom. The molecule has 3 N–H and O–H groups in total. The summed E-state index contributed by atoms with van der Waals surface area (Å²) in [6.07, 6.45) is 0. The molecule has 0 bridgehead atoms. The number of nitrogens with one attached hydrogen (secondary N) is 1. The number of rotatable bonds is 6. The number of nitrogen functional groups attached to an aromatic ring is 1. The van der Waals surface area contributed by atoms with Gasteiger partial charge in [-0.15, -0.1) is 0 Å². The van der Waals surface area contributed by atoms with Crippen LogP contribution in [-0.4, -0.2) is 24.7 Å². The van der Waals surface area contributed by atoms with Gasteiger partial charge in [0.2, 0.25) is 0 Å². The smallest absolute Gasteiger partial charge is 0.147 e. The third kappa shape index (κ3) is 4.98. The zero-order chi connectivity index (χ0) is 12.8. The highest BCUT2D eigenvalue weighted by Gasteiger charge is 2.06. The largest absolute Gasteiger partial charge is 0.382 e. The first-order valence-electron chi connectivity index (χ1n) is 5.44. The minimum atomic E-state index is 0.265. The van der Waals surface area contributed by atoms with Crippen LogP contribution in [0.3, 0.4) is 0 Å². The van der Waals surface area contributed by atoms with Gasteiger partial charge in [0.15, 0.2) is 0 Å². The topological polar surface area (TPSA) is 60.2 Å². The molecular formula is C11H17Cl2N3O. The number of hydrogen-bond donors (Lipinski definition) is 2. The van der Waals surface area contributed by atoms with Crippen molar-refractivity contribution in [2.45, 2.75) is 13.8 Å². The van der Waals surface area contributed by atoms with E-state index in [4.69, 9.17) is 33.7 Å². The fourth-order valence-electron chi connectivity index (χ4n) is 1.17. The minimum Gasteiger partial charge on any atom is -0.382 e. The van der Waals surface area contributed by atoms with E-state index in [1.165, 1.54) is 0 Å². The molecule has 0 saturated heterocycles. The maximum absolute atomic E-state index is 5.96. The zero-order valence-corrected chi connectivity index (χ0v) is 11.5. The molecule has 0 spiro atoms. The second kappa shape index (κ2) is 6.89. The predicted octanol–water partition coefficient (Wildman–Crippen LogP) is 3.06. The lowest BCUT2D eigenvalue weighted by molar-refractivity contribution is 0.118. The number of pyridine rings is 1. The first-order chi connectivity index (χ1) is 8.00. The van der Waals surface area contributed by atoms with Gasteiger partial charge in [0, 0.05) is 13.2 Å². The van der Waals surface area contributed by atoms with Gasteiger partial charge in [0.1, 0.15) is 11.6 Å². The van der Waals surface area contributed by atoms with Crippen molar-refractivity contribution in [3.05, 3.63) is 16.1 Å². The van der Waals surface area contributed by atoms with Gasteiger partial charge < -0.3 is 15.8 Å². The van der Waals surface area contributed by atoms with Crippen molar-refractivity contribution >= 4 is 34.8 Å². The van der Waals surface area contributed by atoms with E-state index < -0.39 is 0 Å². The molecule has 4 nitrogen and oxygen atoms in total. The second-order valence-corrected chi connectivity index (χ2v) is 4.90. The van der Waals surface area contributed by atoms with E-state index in [-0.39, 0.29) is 5.82 Å². The van der Waals surface area contributed by atoms with E-state index in [0.717, 1.165) is 6.61 Å². The Morgan fingerprint density at radius 2 is 2.12 bits per heavy atom. The van der Waals surface area contributed by atoms with Gasteiger partial charge in [-0.2, -0.15) is 0 Å². The van der Waals surface area contributed by atoms with Crippen molar-refractivity contribution in [1.82, 2.24) is 4.98 Å². The van der Waals surface area contributed by atoms with Gasteiger partial charge in [-0.05, 0) is 12.0 Å². The lowest BCUT2D eigenvalue weighted by Gasteiger charge is -2.10. The Labute approximate surface area is 111 Å². The van der Waals surface area contributed by atoms with Crippen molar-refractivity contribution < 1.29 is 4.74 Å². The Balaban J connectivity index is 2.39. The number of hydrogen-bond acceptors (Lipinski definition) is 4. The molecule has 0 aliphatic heterocycles. The van der Waals surface area contributed by atoms with Gasteiger partial charge >= 0.3 is 0 Å². The lowest BCUT2D eigenvalue weighted by Crippen LogP contribution is -2.13. The maximum Gasteiger partial charge on any atom is 0.147 e. The average molecular weight is 278 g/mol. The molecule has 0 aromatic carbocycles. The predicted molar refractivity (Wildman–Crippen MR) is 72.8 cm³/mol. The quantitative estimate of drug-likeness (QED) is 0.785. The molecule has 96 valence electrons. The molecule has 0 fully saturated rings. The summed E-state index contributed by atoms with van der Waals surface area (Å²) in [4.78, 5) is 4.05. The van der Waals surface area contributed by atoms with Crippen LogP contribution in [0.15, 0.2) is 6.07 Å². The molecule has 1 rings (SSSR count). The molecule has 0 radical (unpaired) electrons. The highest BCUT2D eigenvalue weighted by molar-refractivity contribution is 6.37. The maximum atomic E-state index is 5.96. The van der Waals surface area contributed by atoms with E-state index in [1.807, 2.05) is 0 Å². The molecule has 0 aliphatic carbocycles. The van der Waals surface area contributed by atoms with Crippen LogP contribution < -0.4 is 11.1 Å². The number of halogens is 2. The molecule has 1 aromatic rings. The lowest BCUT2D eigenvalue weighted by atomic mass is 10.2. The summed E-state index contributed by atoms with van der Waals surface area (Å²) in [5, 5.41) is 3.86. The van der Waals surface area contributed by atoms with Gasteiger partial charge in [0.25, 0.3) is 0 Å². The van der Waals surface area contributed by atoms with Crippen LogP contribution in [0.25, 0.3) is 0 Å². The summed E-state index contributed by atoms with van der Waals surface area (Å²) in [7, 11) is 0. The second-order valence-electron chi connectivity index (χ2n) is 4.08. The molecule has 0 atom stereocenters. The normalized spacial score (nSPS) is 10.9. The number of anilines is 2. The fraction of sp³-hybridized carbons (Fsp3) is 0.545. The molecule has 0 saturated carbocycles. The minimum absolute atomic E-state index is 0.265. The molecule has 0 aliphatic rings. The van der Waals surface area contributed by atoms with Gasteiger partial charge in [-0.25, -0.2) is 4.98 Å². The number of aromatic nitrogens is 1. The molecule has 17 heavy (non-hydrogen) atoms. The Kier molecular flexibility index (Phi) is 5.82. The summed E-state index contributed by atoms with van der Waals surface area (Å²) < 4.78 is 5.42. The molecule has 0 unspecified atom stereocenters. The first-order valence-corrected chi connectivity index (χ1v) is 6.19.